The molecule has 1 saturated heterocycles. The maximum atomic E-state index is 6.21. The Morgan fingerprint density at radius 2 is 2.14 bits per heavy atom. The monoisotopic (exact) mass is 296 g/mol. The number of fused-ring (bicyclic) bond motifs is 1. The highest BCUT2D eigenvalue weighted by molar-refractivity contribution is 5.54. The number of aryl methyl sites for hydroxylation is 1. The first-order chi connectivity index (χ1) is 10.5. The van der Waals surface area contributed by atoms with Crippen LogP contribution in [0.1, 0.15) is 43.4 Å². The van der Waals surface area contributed by atoms with Gasteiger partial charge in [-0.05, 0) is 68.3 Å². The fourth-order valence-electron chi connectivity index (χ4n) is 4.23. The molecule has 2 nitrogen and oxygen atoms in total. The third-order valence-corrected chi connectivity index (χ3v) is 5.82. The molecule has 0 radical (unpaired) electrons. The van der Waals surface area contributed by atoms with Gasteiger partial charge in [0.05, 0.1) is 0 Å². The highest BCUT2D eigenvalue weighted by atomic mass is 15.2. The molecular weight excluding hydrogens is 268 g/mol. The van der Waals surface area contributed by atoms with E-state index in [1.54, 1.807) is 0 Å². The average Bonchev–Trinajstić information content (AvgIpc) is 2.80. The van der Waals surface area contributed by atoms with E-state index < -0.39 is 0 Å². The van der Waals surface area contributed by atoms with Crippen LogP contribution in [0, 0.1) is 12.8 Å². The summed E-state index contributed by atoms with van der Waals surface area (Å²) in [5.74, 6) is 0.705. The lowest BCUT2D eigenvalue weighted by Crippen LogP contribution is -2.44. The number of hydrogen-bond acceptors (Lipinski definition) is 2. The Morgan fingerprint density at radius 3 is 2.86 bits per heavy atom. The Labute approximate surface area is 134 Å². The first kappa shape index (κ1) is 15.4. The second kappa shape index (κ2) is 5.58. The second-order valence-corrected chi connectivity index (χ2v) is 7.11. The van der Waals surface area contributed by atoms with Crippen molar-refractivity contribution < 1.29 is 0 Å². The van der Waals surface area contributed by atoms with Gasteiger partial charge in [0.2, 0.25) is 0 Å². The van der Waals surface area contributed by atoms with Gasteiger partial charge in [-0.15, -0.1) is 0 Å². The summed E-state index contributed by atoms with van der Waals surface area (Å²) in [6.45, 7) is 13.1. The fraction of sp³-hybridized carbons (Fsp3) is 0.500. The predicted molar refractivity (Wildman–Crippen MR) is 94.8 cm³/mol. The molecule has 1 heterocycles. The Balaban J connectivity index is 1.93. The lowest BCUT2D eigenvalue weighted by molar-refractivity contribution is 0.156. The third kappa shape index (κ3) is 2.40. The summed E-state index contributed by atoms with van der Waals surface area (Å²) in [5.41, 5.74) is 12.7. The number of allylic oxidation sites excluding steroid dienone is 2. The lowest BCUT2D eigenvalue weighted by atomic mass is 9.77. The van der Waals surface area contributed by atoms with Crippen LogP contribution in [0.3, 0.4) is 0 Å². The second-order valence-electron chi connectivity index (χ2n) is 7.11. The molecule has 1 aliphatic heterocycles. The van der Waals surface area contributed by atoms with E-state index in [9.17, 15) is 0 Å². The largest absolute Gasteiger partial charge is 0.398 e. The molecule has 3 rings (SSSR count). The maximum absolute atomic E-state index is 6.21. The predicted octanol–water partition coefficient (Wildman–Crippen LogP) is 4.24. The smallest absolute Gasteiger partial charge is 0.0401 e. The molecule has 0 amide bonds. The van der Waals surface area contributed by atoms with Gasteiger partial charge in [-0.25, -0.2) is 0 Å². The number of hydrogen-bond donors (Lipinski definition) is 1. The Kier molecular flexibility index (Phi) is 3.90. The van der Waals surface area contributed by atoms with Crippen LogP contribution in [0.2, 0.25) is 0 Å². The third-order valence-electron chi connectivity index (χ3n) is 5.82. The standard InChI is InChI=1S/C20H28N2/c1-5-17-18(15(3)6-7-19(17)21)13-22-11-9-16-12-14(2)8-10-20(16,22)4/h6-8,10,16H,2,5,9,11-13,21H2,1,3-4H3. The zero-order valence-corrected chi connectivity index (χ0v) is 14.2. The van der Waals surface area contributed by atoms with Crippen LogP contribution in [-0.2, 0) is 13.0 Å². The zero-order chi connectivity index (χ0) is 15.9. The summed E-state index contributed by atoms with van der Waals surface area (Å²) >= 11 is 0. The van der Waals surface area contributed by atoms with Crippen LogP contribution >= 0.6 is 0 Å². The summed E-state index contributed by atoms with van der Waals surface area (Å²) < 4.78 is 0. The van der Waals surface area contributed by atoms with E-state index in [1.807, 2.05) is 0 Å². The summed E-state index contributed by atoms with van der Waals surface area (Å²) in [4.78, 5) is 2.64. The lowest BCUT2D eigenvalue weighted by Gasteiger charge is -2.40. The van der Waals surface area contributed by atoms with Gasteiger partial charge in [0.1, 0.15) is 0 Å². The average molecular weight is 296 g/mol. The van der Waals surface area contributed by atoms with Crippen LogP contribution in [0.4, 0.5) is 5.69 Å². The van der Waals surface area contributed by atoms with Gasteiger partial charge in [0.15, 0.2) is 0 Å². The molecule has 1 aromatic carbocycles. The summed E-state index contributed by atoms with van der Waals surface area (Å²) in [7, 11) is 0. The van der Waals surface area contributed by atoms with E-state index >= 15 is 0 Å². The number of nitrogens with zero attached hydrogens (tertiary/aromatic N) is 1. The van der Waals surface area contributed by atoms with Gasteiger partial charge < -0.3 is 5.73 Å². The molecule has 1 fully saturated rings. The Hall–Kier alpha value is -1.54. The summed E-state index contributed by atoms with van der Waals surface area (Å²) in [6.07, 6.45) is 8.01. The molecule has 22 heavy (non-hydrogen) atoms. The molecule has 0 saturated carbocycles. The van der Waals surface area contributed by atoms with Crippen molar-refractivity contribution in [2.45, 2.75) is 52.1 Å². The van der Waals surface area contributed by atoms with Crippen LogP contribution in [0.15, 0.2) is 36.4 Å². The highest BCUT2D eigenvalue weighted by Crippen LogP contribution is 2.44. The van der Waals surface area contributed by atoms with Crippen LogP contribution in [0.5, 0.6) is 0 Å². The van der Waals surface area contributed by atoms with Crippen molar-refractivity contribution in [3.8, 4) is 0 Å². The number of nitrogen functional groups attached to an aromatic ring is 1. The minimum atomic E-state index is 0.170. The highest BCUT2D eigenvalue weighted by Gasteiger charge is 2.44. The topological polar surface area (TPSA) is 29.3 Å². The van der Waals surface area contributed by atoms with Crippen molar-refractivity contribution in [3.05, 3.63) is 53.1 Å². The zero-order valence-electron chi connectivity index (χ0n) is 14.2. The van der Waals surface area contributed by atoms with Crippen molar-refractivity contribution in [1.82, 2.24) is 4.90 Å². The summed E-state index contributed by atoms with van der Waals surface area (Å²) in [6, 6.07) is 4.22. The molecule has 1 aromatic rings. The van der Waals surface area contributed by atoms with E-state index in [1.165, 1.54) is 28.7 Å². The van der Waals surface area contributed by atoms with Gasteiger partial charge in [-0.2, -0.15) is 0 Å². The molecule has 0 spiro atoms. The molecular formula is C20H28N2. The summed E-state index contributed by atoms with van der Waals surface area (Å²) in [5, 5.41) is 0. The molecule has 2 N–H and O–H groups in total. The van der Waals surface area contributed by atoms with E-state index in [-0.39, 0.29) is 5.54 Å². The van der Waals surface area contributed by atoms with E-state index in [4.69, 9.17) is 5.73 Å². The van der Waals surface area contributed by atoms with E-state index in [0.29, 0.717) is 5.92 Å². The minimum absolute atomic E-state index is 0.170. The van der Waals surface area contributed by atoms with E-state index in [2.05, 4.69) is 56.5 Å². The normalized spacial score (nSPS) is 28.1. The maximum Gasteiger partial charge on any atom is 0.0401 e. The molecule has 2 aliphatic rings. The van der Waals surface area contributed by atoms with Crippen molar-refractivity contribution in [1.29, 1.82) is 0 Å². The molecule has 2 unspecified atom stereocenters. The number of nitrogens with two attached hydrogens (primary N) is 1. The van der Waals surface area contributed by atoms with Crippen LogP contribution in [0.25, 0.3) is 0 Å². The van der Waals surface area contributed by atoms with Crippen molar-refractivity contribution in [2.75, 3.05) is 12.3 Å². The molecule has 2 atom stereocenters. The first-order valence-electron chi connectivity index (χ1n) is 8.44. The molecule has 0 bridgehead atoms. The number of rotatable bonds is 3. The molecule has 1 aliphatic carbocycles. The number of anilines is 1. The quantitative estimate of drug-likeness (QED) is 0.846. The van der Waals surface area contributed by atoms with E-state index in [0.717, 1.165) is 31.6 Å². The molecule has 0 aromatic heterocycles. The van der Waals surface area contributed by atoms with Gasteiger partial charge in [0.25, 0.3) is 0 Å². The van der Waals surface area contributed by atoms with Crippen molar-refractivity contribution in [2.24, 2.45) is 5.92 Å². The van der Waals surface area contributed by atoms with Gasteiger partial charge >= 0.3 is 0 Å². The molecule has 2 heteroatoms. The van der Waals surface area contributed by atoms with Crippen molar-refractivity contribution >= 4 is 5.69 Å². The number of likely N-dealkylation sites (tertiary alicyclic amines) is 1. The SMILES string of the molecule is C=C1C=CC2(C)C(CCN2Cc2c(C)ccc(N)c2CC)C1. The molecule has 118 valence electrons. The van der Waals surface area contributed by atoms with Crippen LogP contribution in [-0.4, -0.2) is 17.0 Å². The Bertz CT molecular complexity index is 629. The van der Waals surface area contributed by atoms with Gasteiger partial charge in [0, 0.05) is 17.8 Å². The fourth-order valence-corrected chi connectivity index (χ4v) is 4.23. The number of benzene rings is 1. The van der Waals surface area contributed by atoms with Crippen LogP contribution < -0.4 is 5.73 Å². The van der Waals surface area contributed by atoms with Crippen molar-refractivity contribution in [3.63, 3.8) is 0 Å². The first-order valence-corrected chi connectivity index (χ1v) is 8.44. The Morgan fingerprint density at radius 1 is 1.36 bits per heavy atom. The van der Waals surface area contributed by atoms with Gasteiger partial charge in [-0.3, -0.25) is 4.90 Å². The van der Waals surface area contributed by atoms with Gasteiger partial charge in [-0.1, -0.05) is 37.3 Å². The minimum Gasteiger partial charge on any atom is -0.398 e.